The molecule has 0 bridgehead atoms. The molecule has 1 fully saturated rings. The lowest BCUT2D eigenvalue weighted by molar-refractivity contribution is -0.137. The van der Waals surface area contributed by atoms with E-state index < -0.39 is 23.8 Å². The number of carbonyl (C=O) groups is 2. The zero-order chi connectivity index (χ0) is 19.8. The number of hydrogen-bond donors (Lipinski definition) is 1. The van der Waals surface area contributed by atoms with Crippen LogP contribution in [0.3, 0.4) is 0 Å². The van der Waals surface area contributed by atoms with E-state index in [0.717, 1.165) is 17.5 Å². The number of hydrogen-bond acceptors (Lipinski definition) is 5. The van der Waals surface area contributed by atoms with E-state index in [9.17, 15) is 20.0 Å². The maximum Gasteiger partial charge on any atom is 0.411 e. The van der Waals surface area contributed by atoms with Gasteiger partial charge in [0.05, 0.1) is 12.6 Å². The molecule has 27 heavy (non-hydrogen) atoms. The lowest BCUT2D eigenvalue weighted by atomic mass is 9.93. The van der Waals surface area contributed by atoms with Crippen LogP contribution in [0.15, 0.2) is 18.2 Å². The number of phenolic OH excluding ortho intramolecular Hbond substituents is 1. The molecule has 7 nitrogen and oxygen atoms in total. The third-order valence-corrected chi connectivity index (χ3v) is 4.92. The summed E-state index contributed by atoms with van der Waals surface area (Å²) in [6.07, 6.45) is 1.21. The van der Waals surface area contributed by atoms with Crippen molar-refractivity contribution in [3.8, 4) is 11.8 Å². The van der Waals surface area contributed by atoms with Crippen molar-refractivity contribution in [3.05, 3.63) is 29.3 Å². The van der Waals surface area contributed by atoms with E-state index in [1.54, 1.807) is 43.9 Å². The molecular weight excluding hydrogens is 346 g/mol. The maximum absolute atomic E-state index is 13.2. The second kappa shape index (κ2) is 7.10. The van der Waals surface area contributed by atoms with Gasteiger partial charge in [-0.15, -0.1) is 0 Å². The molecular formula is C20H25N3O4. The summed E-state index contributed by atoms with van der Waals surface area (Å²) in [7, 11) is 0. The average molecular weight is 371 g/mol. The number of nitriles is 1. The highest BCUT2D eigenvalue weighted by atomic mass is 16.6. The number of nitrogens with zero attached hydrogens (tertiary/aromatic N) is 3. The molecule has 2 aliphatic rings. The van der Waals surface area contributed by atoms with E-state index in [1.807, 2.05) is 0 Å². The Kier molecular flexibility index (Phi) is 5.01. The summed E-state index contributed by atoms with van der Waals surface area (Å²) in [6.45, 7) is 6.03. The maximum atomic E-state index is 13.2. The van der Waals surface area contributed by atoms with Crippen LogP contribution in [0.1, 0.15) is 44.7 Å². The summed E-state index contributed by atoms with van der Waals surface area (Å²) in [6, 6.07) is 5.99. The van der Waals surface area contributed by atoms with Crippen molar-refractivity contribution in [3.63, 3.8) is 0 Å². The van der Waals surface area contributed by atoms with Gasteiger partial charge in [-0.3, -0.25) is 9.69 Å². The van der Waals surface area contributed by atoms with Crippen LogP contribution < -0.4 is 0 Å². The van der Waals surface area contributed by atoms with Gasteiger partial charge >= 0.3 is 6.09 Å². The van der Waals surface area contributed by atoms with Gasteiger partial charge in [0.2, 0.25) is 5.91 Å². The van der Waals surface area contributed by atoms with Gasteiger partial charge in [0, 0.05) is 13.0 Å². The number of rotatable bonds is 1. The van der Waals surface area contributed by atoms with Gasteiger partial charge in [-0.25, -0.2) is 4.79 Å². The van der Waals surface area contributed by atoms with Crippen molar-refractivity contribution in [2.45, 2.75) is 64.3 Å². The number of carbonyl (C=O) groups excluding carboxylic acids is 2. The fourth-order valence-electron chi connectivity index (χ4n) is 3.66. The first-order chi connectivity index (χ1) is 12.7. The Labute approximate surface area is 159 Å². The van der Waals surface area contributed by atoms with E-state index in [0.29, 0.717) is 19.4 Å². The number of benzene rings is 1. The van der Waals surface area contributed by atoms with E-state index in [-0.39, 0.29) is 18.2 Å². The summed E-state index contributed by atoms with van der Waals surface area (Å²) in [4.78, 5) is 29.0. The summed E-state index contributed by atoms with van der Waals surface area (Å²) >= 11 is 0. The molecule has 2 aliphatic heterocycles. The lowest BCUT2D eigenvalue weighted by Gasteiger charge is -2.38. The van der Waals surface area contributed by atoms with Crippen molar-refractivity contribution in [1.82, 2.24) is 9.80 Å². The smallest absolute Gasteiger partial charge is 0.411 e. The molecule has 2 heterocycles. The molecule has 2 atom stereocenters. The molecule has 0 radical (unpaired) electrons. The van der Waals surface area contributed by atoms with Crippen molar-refractivity contribution in [2.24, 2.45) is 0 Å². The minimum atomic E-state index is -0.717. The quantitative estimate of drug-likeness (QED) is 0.819. The second-order valence-corrected chi connectivity index (χ2v) is 8.10. The number of fused-ring (bicyclic) bond motifs is 1. The van der Waals surface area contributed by atoms with Gasteiger partial charge in [-0.05, 0) is 56.9 Å². The molecule has 144 valence electrons. The molecule has 2 amide bonds. The van der Waals surface area contributed by atoms with E-state index >= 15 is 0 Å². The van der Waals surface area contributed by atoms with Crippen molar-refractivity contribution >= 4 is 12.0 Å². The molecule has 1 aromatic rings. The fraction of sp³-hybridized carbons (Fsp3) is 0.550. The standard InChI is InChI=1S/C20H25N3O4/c1-20(2,3)27-19(26)23-12-14-9-16(24)7-6-13(14)10-17(23)18(25)22-8-4-5-15(22)11-21/h6-7,9,15,17,24H,4-5,8,10,12H2,1-3H3. The Bertz CT molecular complexity index is 793. The predicted octanol–water partition coefficient (Wildman–Crippen LogP) is 2.57. The van der Waals surface area contributed by atoms with Crippen molar-refractivity contribution in [1.29, 1.82) is 5.26 Å². The van der Waals surface area contributed by atoms with Gasteiger partial charge in [0.15, 0.2) is 0 Å². The Morgan fingerprint density at radius 1 is 1.26 bits per heavy atom. The minimum absolute atomic E-state index is 0.117. The summed E-state index contributed by atoms with van der Waals surface area (Å²) in [5.41, 5.74) is 1.02. The minimum Gasteiger partial charge on any atom is -0.508 e. The number of amides is 2. The monoisotopic (exact) mass is 371 g/mol. The summed E-state index contributed by atoms with van der Waals surface area (Å²) < 4.78 is 5.51. The number of aromatic hydroxyl groups is 1. The van der Waals surface area contributed by atoms with E-state index in [1.165, 1.54) is 4.90 Å². The molecule has 0 aromatic heterocycles. The Hall–Kier alpha value is -2.75. The van der Waals surface area contributed by atoms with Gasteiger partial charge in [0.1, 0.15) is 23.4 Å². The van der Waals surface area contributed by atoms with Crippen LogP contribution in [0.5, 0.6) is 5.75 Å². The molecule has 1 N–H and O–H groups in total. The van der Waals surface area contributed by atoms with Gasteiger partial charge < -0.3 is 14.7 Å². The van der Waals surface area contributed by atoms with Gasteiger partial charge in [-0.1, -0.05) is 6.07 Å². The first kappa shape index (κ1) is 19.0. The number of likely N-dealkylation sites (tertiary alicyclic amines) is 1. The molecule has 0 spiro atoms. The molecule has 3 rings (SSSR count). The lowest BCUT2D eigenvalue weighted by Crippen LogP contribution is -2.55. The van der Waals surface area contributed by atoms with Crippen LogP contribution in [0.25, 0.3) is 0 Å². The molecule has 7 heteroatoms. The normalized spacial score (nSPS) is 22.1. The van der Waals surface area contributed by atoms with E-state index in [4.69, 9.17) is 4.74 Å². The highest BCUT2D eigenvalue weighted by Gasteiger charge is 2.41. The van der Waals surface area contributed by atoms with Crippen LogP contribution in [-0.2, 0) is 22.5 Å². The fourth-order valence-corrected chi connectivity index (χ4v) is 3.66. The second-order valence-electron chi connectivity index (χ2n) is 8.10. The van der Waals surface area contributed by atoms with Crippen molar-refractivity contribution in [2.75, 3.05) is 6.54 Å². The average Bonchev–Trinajstić information content (AvgIpc) is 3.07. The van der Waals surface area contributed by atoms with E-state index in [2.05, 4.69) is 6.07 Å². The highest BCUT2D eigenvalue weighted by Crippen LogP contribution is 2.30. The molecule has 0 saturated carbocycles. The predicted molar refractivity (Wildman–Crippen MR) is 97.7 cm³/mol. The van der Waals surface area contributed by atoms with Crippen LogP contribution >= 0.6 is 0 Å². The summed E-state index contributed by atoms with van der Waals surface area (Å²) in [5, 5.41) is 19.1. The van der Waals surface area contributed by atoms with Crippen LogP contribution in [-0.4, -0.2) is 51.1 Å². The third kappa shape index (κ3) is 4.00. The van der Waals surface area contributed by atoms with Crippen molar-refractivity contribution < 1.29 is 19.4 Å². The number of phenols is 1. The molecule has 2 unspecified atom stereocenters. The van der Waals surface area contributed by atoms with Crippen LogP contribution in [0.2, 0.25) is 0 Å². The van der Waals surface area contributed by atoms with Gasteiger partial charge in [-0.2, -0.15) is 5.26 Å². The molecule has 0 aliphatic carbocycles. The SMILES string of the molecule is CC(C)(C)OC(=O)N1Cc2cc(O)ccc2CC1C(=O)N1CCCC1C#N. The Balaban J connectivity index is 1.92. The van der Waals surface area contributed by atoms with Gasteiger partial charge in [0.25, 0.3) is 0 Å². The zero-order valence-corrected chi connectivity index (χ0v) is 15.9. The first-order valence-electron chi connectivity index (χ1n) is 9.20. The topological polar surface area (TPSA) is 93.9 Å². The Morgan fingerprint density at radius 3 is 2.67 bits per heavy atom. The first-order valence-corrected chi connectivity index (χ1v) is 9.20. The highest BCUT2D eigenvalue weighted by molar-refractivity contribution is 5.87. The zero-order valence-electron chi connectivity index (χ0n) is 15.9. The Morgan fingerprint density at radius 2 is 2.00 bits per heavy atom. The molecule has 1 saturated heterocycles. The third-order valence-electron chi connectivity index (χ3n) is 4.92. The largest absolute Gasteiger partial charge is 0.508 e. The molecule has 1 aromatic carbocycles. The summed E-state index contributed by atoms with van der Waals surface area (Å²) in [5.74, 6) is -0.101. The van der Waals surface area contributed by atoms with Crippen LogP contribution in [0, 0.1) is 11.3 Å². The number of ether oxygens (including phenoxy) is 1. The van der Waals surface area contributed by atoms with Crippen LogP contribution in [0.4, 0.5) is 4.79 Å².